The fraction of sp³-hybridized carbons (Fsp3) is 0.375. The lowest BCUT2D eigenvalue weighted by molar-refractivity contribution is 0.0992. The van der Waals surface area contributed by atoms with Crippen molar-refractivity contribution in [1.29, 1.82) is 0 Å². The van der Waals surface area contributed by atoms with Crippen molar-refractivity contribution in [2.24, 2.45) is 0 Å². The molecule has 1 aromatic heterocycles. The van der Waals surface area contributed by atoms with Crippen molar-refractivity contribution >= 4 is 11.5 Å². The van der Waals surface area contributed by atoms with Gasteiger partial charge in [-0.25, -0.2) is 0 Å². The number of Topliss-reactive ketones (excluding diaryl/α,β-unsaturated/α-hetero) is 1. The topological polar surface area (TPSA) is 70.1 Å². The molecule has 1 aromatic carbocycles. The van der Waals surface area contributed by atoms with Gasteiger partial charge in [-0.3, -0.25) is 9.48 Å². The van der Waals surface area contributed by atoms with E-state index in [9.17, 15) is 4.79 Å². The number of hydrogen-bond donors (Lipinski definition) is 1. The second kappa shape index (κ2) is 6.43. The summed E-state index contributed by atoms with van der Waals surface area (Å²) in [5.41, 5.74) is 7.56. The number of benzene rings is 1. The van der Waals surface area contributed by atoms with Gasteiger partial charge in [-0.2, -0.15) is 5.10 Å². The van der Waals surface area contributed by atoms with Crippen LogP contribution in [0.4, 0.5) is 5.69 Å². The van der Waals surface area contributed by atoms with Gasteiger partial charge in [0.1, 0.15) is 5.75 Å². The highest BCUT2D eigenvalue weighted by atomic mass is 16.5. The SMILES string of the molecule is CCC(C)n1ccc(CC(=O)c2cc(OC)ccc2N)n1. The Morgan fingerprint density at radius 1 is 1.43 bits per heavy atom. The number of ether oxygens (including phenoxy) is 1. The fourth-order valence-electron chi connectivity index (χ4n) is 2.07. The van der Waals surface area contributed by atoms with E-state index in [0.29, 0.717) is 23.0 Å². The number of carbonyl (C=O) groups excluding carboxylic acids is 1. The Labute approximate surface area is 124 Å². The van der Waals surface area contributed by atoms with Gasteiger partial charge >= 0.3 is 0 Å². The van der Waals surface area contributed by atoms with E-state index in [0.717, 1.165) is 12.1 Å². The Hall–Kier alpha value is -2.30. The first kappa shape index (κ1) is 15.1. The summed E-state index contributed by atoms with van der Waals surface area (Å²) in [5.74, 6) is 0.568. The second-order valence-corrected chi connectivity index (χ2v) is 5.10. The van der Waals surface area contributed by atoms with Crippen LogP contribution in [0.5, 0.6) is 5.75 Å². The largest absolute Gasteiger partial charge is 0.497 e. The number of carbonyl (C=O) groups is 1. The van der Waals surface area contributed by atoms with Gasteiger partial charge in [0.2, 0.25) is 0 Å². The first-order valence-corrected chi connectivity index (χ1v) is 7.06. The molecule has 2 N–H and O–H groups in total. The minimum atomic E-state index is -0.0548. The van der Waals surface area contributed by atoms with Crippen LogP contribution >= 0.6 is 0 Å². The number of nitrogen functional groups attached to an aromatic ring is 1. The Morgan fingerprint density at radius 3 is 2.86 bits per heavy atom. The summed E-state index contributed by atoms with van der Waals surface area (Å²) in [5, 5.41) is 4.44. The lowest BCUT2D eigenvalue weighted by Crippen LogP contribution is -2.09. The molecule has 0 aliphatic rings. The van der Waals surface area contributed by atoms with Crippen molar-refractivity contribution < 1.29 is 9.53 Å². The molecule has 0 spiro atoms. The molecule has 1 atom stereocenters. The number of nitrogens with zero attached hydrogens (tertiary/aromatic N) is 2. The third-order valence-corrected chi connectivity index (χ3v) is 3.61. The fourth-order valence-corrected chi connectivity index (χ4v) is 2.07. The van der Waals surface area contributed by atoms with E-state index in [2.05, 4.69) is 18.9 Å². The van der Waals surface area contributed by atoms with Crippen molar-refractivity contribution in [2.45, 2.75) is 32.7 Å². The summed E-state index contributed by atoms with van der Waals surface area (Å²) in [6, 6.07) is 7.30. The zero-order valence-electron chi connectivity index (χ0n) is 12.7. The molecule has 5 heteroatoms. The highest BCUT2D eigenvalue weighted by Crippen LogP contribution is 2.21. The molecule has 0 aliphatic carbocycles. The van der Waals surface area contributed by atoms with Crippen LogP contribution in [-0.2, 0) is 6.42 Å². The van der Waals surface area contributed by atoms with E-state index in [-0.39, 0.29) is 12.2 Å². The number of anilines is 1. The average Bonchev–Trinajstić information content (AvgIpc) is 2.95. The molecule has 0 aliphatic heterocycles. The first-order valence-electron chi connectivity index (χ1n) is 7.06. The van der Waals surface area contributed by atoms with E-state index in [1.54, 1.807) is 25.3 Å². The summed E-state index contributed by atoms with van der Waals surface area (Å²) in [4.78, 5) is 12.4. The van der Waals surface area contributed by atoms with Crippen LogP contribution in [0.3, 0.4) is 0 Å². The van der Waals surface area contributed by atoms with Gasteiger partial charge in [0.15, 0.2) is 5.78 Å². The number of hydrogen-bond acceptors (Lipinski definition) is 4. The highest BCUT2D eigenvalue weighted by molar-refractivity contribution is 6.02. The Kier molecular flexibility index (Phi) is 4.62. The van der Waals surface area contributed by atoms with Gasteiger partial charge in [0.05, 0.1) is 19.2 Å². The van der Waals surface area contributed by atoms with Gasteiger partial charge in [-0.1, -0.05) is 6.92 Å². The average molecular weight is 287 g/mol. The van der Waals surface area contributed by atoms with Crippen LogP contribution in [0.15, 0.2) is 30.5 Å². The van der Waals surface area contributed by atoms with Gasteiger partial charge in [0.25, 0.3) is 0 Å². The maximum atomic E-state index is 12.4. The maximum Gasteiger partial charge on any atom is 0.171 e. The standard InChI is InChI=1S/C16H21N3O2/c1-4-11(2)19-8-7-12(18-19)9-16(20)14-10-13(21-3)5-6-15(14)17/h5-8,10-11H,4,9,17H2,1-3H3. The van der Waals surface area contributed by atoms with Crippen molar-refractivity contribution in [2.75, 3.05) is 12.8 Å². The van der Waals surface area contributed by atoms with Gasteiger partial charge in [-0.15, -0.1) is 0 Å². The predicted octanol–water partition coefficient (Wildman–Crippen LogP) is 2.87. The molecule has 1 heterocycles. The van der Waals surface area contributed by atoms with E-state index < -0.39 is 0 Å². The van der Waals surface area contributed by atoms with E-state index >= 15 is 0 Å². The molecule has 0 bridgehead atoms. The van der Waals surface area contributed by atoms with Crippen LogP contribution in [0.25, 0.3) is 0 Å². The Bertz CT molecular complexity index is 634. The lowest BCUT2D eigenvalue weighted by Gasteiger charge is -2.08. The van der Waals surface area contributed by atoms with Crippen LogP contribution in [0.2, 0.25) is 0 Å². The van der Waals surface area contributed by atoms with E-state index in [1.165, 1.54) is 0 Å². The van der Waals surface area contributed by atoms with Gasteiger partial charge in [0, 0.05) is 23.5 Å². The first-order chi connectivity index (χ1) is 10.0. The number of rotatable bonds is 6. The molecule has 1 unspecified atom stereocenters. The normalized spacial score (nSPS) is 12.1. The Balaban J connectivity index is 2.16. The summed E-state index contributed by atoms with van der Waals surface area (Å²) in [7, 11) is 1.56. The molecule has 5 nitrogen and oxygen atoms in total. The zero-order chi connectivity index (χ0) is 15.4. The number of aromatic nitrogens is 2. The third kappa shape index (κ3) is 3.42. The molecule has 21 heavy (non-hydrogen) atoms. The van der Waals surface area contributed by atoms with Crippen LogP contribution < -0.4 is 10.5 Å². The summed E-state index contributed by atoms with van der Waals surface area (Å²) >= 11 is 0. The molecule has 2 rings (SSSR count). The number of methoxy groups -OCH3 is 1. The van der Waals surface area contributed by atoms with Crippen molar-refractivity contribution in [3.8, 4) is 5.75 Å². The van der Waals surface area contributed by atoms with Crippen LogP contribution in [0, 0.1) is 0 Å². The quantitative estimate of drug-likeness (QED) is 0.655. The van der Waals surface area contributed by atoms with Crippen LogP contribution in [-0.4, -0.2) is 22.7 Å². The van der Waals surface area contributed by atoms with Crippen molar-refractivity contribution in [3.63, 3.8) is 0 Å². The number of ketones is 1. The molecule has 0 saturated carbocycles. The summed E-state index contributed by atoms with van der Waals surface area (Å²) in [6.45, 7) is 4.20. The van der Waals surface area contributed by atoms with Crippen molar-refractivity contribution in [1.82, 2.24) is 9.78 Å². The van der Waals surface area contributed by atoms with E-state index in [4.69, 9.17) is 10.5 Å². The molecular formula is C16H21N3O2. The molecule has 0 radical (unpaired) electrons. The minimum Gasteiger partial charge on any atom is -0.497 e. The predicted molar refractivity (Wildman–Crippen MR) is 82.7 cm³/mol. The van der Waals surface area contributed by atoms with Gasteiger partial charge < -0.3 is 10.5 Å². The second-order valence-electron chi connectivity index (χ2n) is 5.10. The van der Waals surface area contributed by atoms with Gasteiger partial charge in [-0.05, 0) is 37.6 Å². The molecule has 112 valence electrons. The Morgan fingerprint density at radius 2 is 2.19 bits per heavy atom. The zero-order valence-corrected chi connectivity index (χ0v) is 12.7. The third-order valence-electron chi connectivity index (χ3n) is 3.61. The molecule has 0 saturated heterocycles. The summed E-state index contributed by atoms with van der Waals surface area (Å²) < 4.78 is 7.02. The monoisotopic (exact) mass is 287 g/mol. The highest BCUT2D eigenvalue weighted by Gasteiger charge is 2.14. The number of nitrogens with two attached hydrogens (primary N) is 1. The van der Waals surface area contributed by atoms with E-state index in [1.807, 2.05) is 16.9 Å². The minimum absolute atomic E-state index is 0.0548. The lowest BCUT2D eigenvalue weighted by atomic mass is 10.0. The smallest absolute Gasteiger partial charge is 0.171 e. The molecule has 0 amide bonds. The van der Waals surface area contributed by atoms with Crippen molar-refractivity contribution in [3.05, 3.63) is 41.7 Å². The molecular weight excluding hydrogens is 266 g/mol. The maximum absolute atomic E-state index is 12.4. The van der Waals surface area contributed by atoms with Crippen LogP contribution in [0.1, 0.15) is 42.4 Å². The molecule has 2 aromatic rings. The summed E-state index contributed by atoms with van der Waals surface area (Å²) in [6.07, 6.45) is 3.14. The molecule has 0 fully saturated rings.